The van der Waals surface area contributed by atoms with Crippen LogP contribution in [0.25, 0.3) is 0 Å². The predicted octanol–water partition coefficient (Wildman–Crippen LogP) is 3.87. The smallest absolute Gasteiger partial charge is 0.244 e. The molecule has 0 fully saturated rings. The van der Waals surface area contributed by atoms with E-state index in [1.54, 1.807) is 37.4 Å². The van der Waals surface area contributed by atoms with Gasteiger partial charge in [0.2, 0.25) is 21.8 Å². The molecule has 35 heavy (non-hydrogen) atoms. The van der Waals surface area contributed by atoms with Gasteiger partial charge in [0.05, 0.1) is 19.1 Å². The minimum atomic E-state index is -3.77. The molecule has 0 bridgehead atoms. The number of nitrogens with zero attached hydrogens (tertiary/aromatic N) is 2. The van der Waals surface area contributed by atoms with Crippen LogP contribution in [0.4, 0.5) is 5.69 Å². The molecule has 0 spiro atoms. The Kier molecular flexibility index (Phi) is 10.6. The first-order chi connectivity index (χ1) is 16.5. The summed E-state index contributed by atoms with van der Waals surface area (Å²) >= 11 is 3.42. The maximum atomic E-state index is 13.6. The average molecular weight is 569 g/mol. The Bertz CT molecular complexity index is 1120. The zero-order valence-corrected chi connectivity index (χ0v) is 23.3. The van der Waals surface area contributed by atoms with Crippen LogP contribution in [0.5, 0.6) is 5.75 Å². The lowest BCUT2D eigenvalue weighted by molar-refractivity contribution is -0.140. The largest absolute Gasteiger partial charge is 0.497 e. The molecule has 0 saturated heterocycles. The molecule has 0 heterocycles. The molecule has 2 aromatic rings. The molecule has 0 aliphatic rings. The van der Waals surface area contributed by atoms with Gasteiger partial charge in [-0.25, -0.2) is 8.42 Å². The highest BCUT2D eigenvalue weighted by Gasteiger charge is 2.31. The van der Waals surface area contributed by atoms with Crippen LogP contribution in [0.1, 0.15) is 37.8 Å². The number of benzene rings is 2. The fourth-order valence-electron chi connectivity index (χ4n) is 3.61. The van der Waals surface area contributed by atoms with Crippen molar-refractivity contribution in [3.05, 3.63) is 58.1 Å². The van der Waals surface area contributed by atoms with Gasteiger partial charge in [-0.3, -0.25) is 13.9 Å². The number of amides is 2. The number of hydrogen-bond donors (Lipinski definition) is 1. The summed E-state index contributed by atoms with van der Waals surface area (Å²) in [6.07, 6.45) is 2.21. The lowest BCUT2D eigenvalue weighted by Gasteiger charge is -2.33. The lowest BCUT2D eigenvalue weighted by atomic mass is 10.1. The van der Waals surface area contributed by atoms with Gasteiger partial charge in [-0.2, -0.15) is 0 Å². The third-order valence-electron chi connectivity index (χ3n) is 5.56. The highest BCUT2D eigenvalue weighted by molar-refractivity contribution is 9.10. The van der Waals surface area contributed by atoms with Crippen LogP contribution < -0.4 is 14.4 Å². The van der Waals surface area contributed by atoms with Crippen LogP contribution in [0.15, 0.2) is 46.9 Å². The summed E-state index contributed by atoms with van der Waals surface area (Å²) in [6.45, 7) is 5.85. The van der Waals surface area contributed by atoms with Gasteiger partial charge < -0.3 is 15.0 Å². The van der Waals surface area contributed by atoms with Crippen molar-refractivity contribution in [1.82, 2.24) is 10.2 Å². The summed E-state index contributed by atoms with van der Waals surface area (Å²) in [5.41, 5.74) is 2.02. The van der Waals surface area contributed by atoms with Gasteiger partial charge in [0.25, 0.3) is 0 Å². The molecule has 2 aromatic carbocycles. The molecule has 192 valence electrons. The van der Waals surface area contributed by atoms with Gasteiger partial charge >= 0.3 is 0 Å². The molecule has 1 atom stereocenters. The van der Waals surface area contributed by atoms with Gasteiger partial charge in [0.1, 0.15) is 18.3 Å². The SMILES string of the molecule is CCCNC(=O)[C@H](CC)N(Cc1ccc(OC)cc1)C(=O)CN(c1ccc(Br)c(C)c1)S(C)(=O)=O. The van der Waals surface area contributed by atoms with Crippen LogP contribution in [-0.4, -0.2) is 57.6 Å². The van der Waals surface area contributed by atoms with E-state index in [2.05, 4.69) is 21.2 Å². The minimum Gasteiger partial charge on any atom is -0.497 e. The molecule has 8 nitrogen and oxygen atoms in total. The van der Waals surface area contributed by atoms with E-state index in [-0.39, 0.29) is 12.5 Å². The number of rotatable bonds is 12. The fraction of sp³-hybridized carbons (Fsp3) is 0.440. The number of carbonyl (C=O) groups is 2. The van der Waals surface area contributed by atoms with E-state index in [1.807, 2.05) is 32.9 Å². The second-order valence-corrected chi connectivity index (χ2v) is 11.0. The molecule has 0 unspecified atom stereocenters. The molecule has 2 amide bonds. The zero-order chi connectivity index (χ0) is 26.2. The molecule has 1 N–H and O–H groups in total. The van der Waals surface area contributed by atoms with Gasteiger partial charge in [-0.15, -0.1) is 0 Å². The van der Waals surface area contributed by atoms with E-state index >= 15 is 0 Å². The Labute approximate surface area is 216 Å². The van der Waals surface area contributed by atoms with E-state index < -0.39 is 28.5 Å². The fourth-order valence-corrected chi connectivity index (χ4v) is 4.70. The Balaban J connectivity index is 2.43. The van der Waals surface area contributed by atoms with Gasteiger partial charge in [0, 0.05) is 17.6 Å². The molecule has 2 rings (SSSR count). The first-order valence-electron chi connectivity index (χ1n) is 11.5. The van der Waals surface area contributed by atoms with Crippen molar-refractivity contribution in [3.63, 3.8) is 0 Å². The molecule has 10 heteroatoms. The van der Waals surface area contributed by atoms with Crippen molar-refractivity contribution in [2.45, 2.75) is 46.2 Å². The van der Waals surface area contributed by atoms with E-state index in [4.69, 9.17) is 4.74 Å². The normalized spacial score (nSPS) is 12.1. The summed E-state index contributed by atoms with van der Waals surface area (Å²) in [4.78, 5) is 28.0. The van der Waals surface area contributed by atoms with Crippen LogP contribution in [0.3, 0.4) is 0 Å². The van der Waals surface area contributed by atoms with Crippen LogP contribution in [-0.2, 0) is 26.2 Å². The number of sulfonamides is 1. The van der Waals surface area contributed by atoms with Crippen molar-refractivity contribution < 1.29 is 22.7 Å². The quantitative estimate of drug-likeness (QED) is 0.420. The van der Waals surface area contributed by atoms with Gasteiger partial charge in [-0.1, -0.05) is 41.9 Å². The number of aryl methyl sites for hydroxylation is 1. The zero-order valence-electron chi connectivity index (χ0n) is 20.9. The number of methoxy groups -OCH3 is 1. The van der Waals surface area contributed by atoms with Crippen molar-refractivity contribution in [2.75, 3.05) is 30.8 Å². The predicted molar refractivity (Wildman–Crippen MR) is 142 cm³/mol. The first-order valence-corrected chi connectivity index (χ1v) is 14.1. The van der Waals surface area contributed by atoms with Crippen molar-refractivity contribution in [3.8, 4) is 5.75 Å². The van der Waals surface area contributed by atoms with Crippen molar-refractivity contribution in [2.24, 2.45) is 0 Å². The van der Waals surface area contributed by atoms with E-state index in [0.717, 1.165) is 32.6 Å². The Morgan fingerprint density at radius 3 is 2.29 bits per heavy atom. The van der Waals surface area contributed by atoms with Crippen LogP contribution >= 0.6 is 15.9 Å². The summed E-state index contributed by atoms with van der Waals surface area (Å²) in [6, 6.07) is 11.6. The van der Waals surface area contributed by atoms with Crippen LogP contribution in [0.2, 0.25) is 0 Å². The molecule has 0 aromatic heterocycles. The molecular formula is C25H34BrN3O5S. The minimum absolute atomic E-state index is 0.151. The Morgan fingerprint density at radius 1 is 1.11 bits per heavy atom. The maximum Gasteiger partial charge on any atom is 0.244 e. The molecular weight excluding hydrogens is 534 g/mol. The Hall–Kier alpha value is -2.59. The number of hydrogen-bond acceptors (Lipinski definition) is 5. The van der Waals surface area contributed by atoms with Gasteiger partial charge in [0.15, 0.2) is 0 Å². The second kappa shape index (κ2) is 12.9. The number of nitrogens with one attached hydrogen (secondary N) is 1. The number of anilines is 1. The molecule has 0 saturated carbocycles. The highest BCUT2D eigenvalue weighted by Crippen LogP contribution is 2.25. The monoisotopic (exact) mass is 567 g/mol. The molecule has 0 aliphatic heterocycles. The van der Waals surface area contributed by atoms with E-state index in [1.165, 1.54) is 4.90 Å². The van der Waals surface area contributed by atoms with Crippen molar-refractivity contribution >= 4 is 43.5 Å². The second-order valence-electron chi connectivity index (χ2n) is 8.29. The Morgan fingerprint density at radius 2 is 1.77 bits per heavy atom. The number of ether oxygens (including phenoxy) is 1. The summed E-state index contributed by atoms with van der Waals surface area (Å²) < 4.78 is 32.5. The van der Waals surface area contributed by atoms with Crippen molar-refractivity contribution in [1.29, 1.82) is 0 Å². The summed E-state index contributed by atoms with van der Waals surface area (Å²) in [5.74, 6) is -0.0554. The lowest BCUT2D eigenvalue weighted by Crippen LogP contribution is -2.52. The average Bonchev–Trinajstić information content (AvgIpc) is 2.82. The van der Waals surface area contributed by atoms with E-state index in [0.29, 0.717) is 24.4 Å². The highest BCUT2D eigenvalue weighted by atomic mass is 79.9. The number of halogens is 1. The summed E-state index contributed by atoms with van der Waals surface area (Å²) in [7, 11) is -2.20. The maximum absolute atomic E-state index is 13.6. The third-order valence-corrected chi connectivity index (χ3v) is 7.59. The number of carbonyl (C=O) groups excluding carboxylic acids is 2. The molecule has 0 radical (unpaired) electrons. The standard InChI is InChI=1S/C25H34BrN3O5S/c1-6-14-27-25(31)23(7-2)28(16-19-8-11-21(34-4)12-9-19)24(30)17-29(35(5,32)33)20-10-13-22(26)18(3)15-20/h8-13,15,23H,6-7,14,16-17H2,1-5H3,(H,27,31)/t23-/m0/s1. The topological polar surface area (TPSA) is 96.0 Å². The molecule has 0 aliphatic carbocycles. The summed E-state index contributed by atoms with van der Waals surface area (Å²) in [5, 5.41) is 2.86. The third kappa shape index (κ3) is 7.96. The van der Waals surface area contributed by atoms with Gasteiger partial charge in [-0.05, 0) is 61.2 Å². The first kappa shape index (κ1) is 28.6. The van der Waals surface area contributed by atoms with E-state index in [9.17, 15) is 18.0 Å². The van der Waals surface area contributed by atoms with Crippen LogP contribution in [0, 0.1) is 6.92 Å².